The molecule has 3 N–H and O–H groups in total. The van der Waals surface area contributed by atoms with Crippen molar-refractivity contribution < 1.29 is 14.3 Å². The number of hydrogen-bond acceptors (Lipinski definition) is 4. The highest BCUT2D eigenvalue weighted by Crippen LogP contribution is 2.26. The molecule has 0 unspecified atom stereocenters. The zero-order chi connectivity index (χ0) is 25.7. The molecular weight excluding hydrogens is 454 g/mol. The molecule has 1 aliphatic rings. The summed E-state index contributed by atoms with van der Waals surface area (Å²) in [6.07, 6.45) is 0. The fourth-order valence-corrected chi connectivity index (χ4v) is 4.33. The van der Waals surface area contributed by atoms with E-state index in [0.717, 1.165) is 41.2 Å². The summed E-state index contributed by atoms with van der Waals surface area (Å²) in [5, 5.41) is 8.77. The van der Waals surface area contributed by atoms with Gasteiger partial charge < -0.3 is 30.5 Å². The Morgan fingerprint density at radius 2 is 1.47 bits per heavy atom. The molecule has 0 spiro atoms. The van der Waals surface area contributed by atoms with Gasteiger partial charge in [-0.1, -0.05) is 24.3 Å². The largest absolute Gasteiger partial charge is 0.495 e. The van der Waals surface area contributed by atoms with Gasteiger partial charge >= 0.3 is 12.1 Å². The Morgan fingerprint density at radius 3 is 2.11 bits per heavy atom. The van der Waals surface area contributed by atoms with Crippen molar-refractivity contribution in [2.24, 2.45) is 0 Å². The molecule has 1 fully saturated rings. The van der Waals surface area contributed by atoms with E-state index < -0.39 is 0 Å². The number of benzene rings is 3. The SMILES string of the molecule is COc1ccc(C)cc1NC(=O)Nc1ccc(N2CCN(C(=O)Nc3c(C)cccc3C)CC2)cc1. The molecule has 0 aliphatic carbocycles. The van der Waals surface area contributed by atoms with E-state index in [1.165, 1.54) is 0 Å². The molecule has 0 saturated carbocycles. The number of aryl methyl sites for hydroxylation is 3. The third-order valence-electron chi connectivity index (χ3n) is 6.37. The molecule has 0 aromatic heterocycles. The van der Waals surface area contributed by atoms with Crippen molar-refractivity contribution in [3.05, 3.63) is 77.4 Å². The van der Waals surface area contributed by atoms with Crippen LogP contribution in [0, 0.1) is 20.8 Å². The monoisotopic (exact) mass is 487 g/mol. The number of carbonyl (C=O) groups is 2. The fourth-order valence-electron chi connectivity index (χ4n) is 4.33. The second kappa shape index (κ2) is 11.0. The van der Waals surface area contributed by atoms with Gasteiger partial charge in [-0.2, -0.15) is 0 Å². The highest BCUT2D eigenvalue weighted by Gasteiger charge is 2.22. The number of amides is 4. The van der Waals surface area contributed by atoms with Crippen LogP contribution in [0.15, 0.2) is 60.7 Å². The second-order valence-electron chi connectivity index (χ2n) is 9.00. The Hall–Kier alpha value is -4.20. The number of piperazine rings is 1. The summed E-state index contributed by atoms with van der Waals surface area (Å²) in [4.78, 5) is 29.4. The van der Waals surface area contributed by atoms with E-state index >= 15 is 0 Å². The summed E-state index contributed by atoms with van der Waals surface area (Å²) in [5.41, 5.74) is 6.39. The van der Waals surface area contributed by atoms with Crippen LogP contribution >= 0.6 is 0 Å². The van der Waals surface area contributed by atoms with Crippen molar-refractivity contribution in [3.8, 4) is 5.75 Å². The van der Waals surface area contributed by atoms with Crippen LogP contribution in [0.2, 0.25) is 0 Å². The Labute approximate surface area is 212 Å². The van der Waals surface area contributed by atoms with Crippen LogP contribution in [0.25, 0.3) is 0 Å². The molecule has 8 nitrogen and oxygen atoms in total. The van der Waals surface area contributed by atoms with Crippen LogP contribution < -0.4 is 25.6 Å². The Bertz CT molecular complexity index is 1210. The smallest absolute Gasteiger partial charge is 0.323 e. The summed E-state index contributed by atoms with van der Waals surface area (Å²) in [6, 6.07) is 18.9. The third-order valence-corrected chi connectivity index (χ3v) is 6.37. The Kier molecular flexibility index (Phi) is 7.63. The second-order valence-corrected chi connectivity index (χ2v) is 9.00. The van der Waals surface area contributed by atoms with Gasteiger partial charge in [0.15, 0.2) is 0 Å². The summed E-state index contributed by atoms with van der Waals surface area (Å²) < 4.78 is 5.32. The van der Waals surface area contributed by atoms with Gasteiger partial charge in [0.05, 0.1) is 12.8 Å². The van der Waals surface area contributed by atoms with Crippen LogP contribution in [0.4, 0.5) is 32.3 Å². The van der Waals surface area contributed by atoms with Crippen LogP contribution in [0.1, 0.15) is 16.7 Å². The van der Waals surface area contributed by atoms with Crippen LogP contribution in [0.5, 0.6) is 5.75 Å². The first kappa shape index (κ1) is 24.9. The molecule has 1 aliphatic heterocycles. The first-order valence-electron chi connectivity index (χ1n) is 12.0. The van der Waals surface area contributed by atoms with Crippen molar-refractivity contribution in [1.82, 2.24) is 4.90 Å². The number of ether oxygens (including phenoxy) is 1. The number of nitrogens with zero attached hydrogens (tertiary/aromatic N) is 2. The topological polar surface area (TPSA) is 85.9 Å². The number of methoxy groups -OCH3 is 1. The van der Waals surface area contributed by atoms with Crippen molar-refractivity contribution in [1.29, 1.82) is 0 Å². The van der Waals surface area contributed by atoms with Gasteiger partial charge in [0, 0.05) is 43.2 Å². The number of para-hydroxylation sites is 1. The molecule has 188 valence electrons. The first-order chi connectivity index (χ1) is 17.3. The van der Waals surface area contributed by atoms with Gasteiger partial charge in [-0.3, -0.25) is 0 Å². The lowest BCUT2D eigenvalue weighted by atomic mass is 10.1. The quantitative estimate of drug-likeness (QED) is 0.436. The predicted octanol–water partition coefficient (Wildman–Crippen LogP) is 5.62. The molecule has 36 heavy (non-hydrogen) atoms. The van der Waals surface area contributed by atoms with E-state index in [0.29, 0.717) is 30.2 Å². The number of urea groups is 2. The van der Waals surface area contributed by atoms with Crippen molar-refractivity contribution in [2.75, 3.05) is 54.1 Å². The van der Waals surface area contributed by atoms with Gasteiger partial charge in [-0.15, -0.1) is 0 Å². The number of nitrogens with one attached hydrogen (secondary N) is 3. The molecule has 8 heteroatoms. The lowest BCUT2D eigenvalue weighted by molar-refractivity contribution is 0.208. The number of anilines is 4. The molecule has 4 amide bonds. The van der Waals surface area contributed by atoms with Gasteiger partial charge in [-0.25, -0.2) is 9.59 Å². The average molecular weight is 488 g/mol. The zero-order valence-electron chi connectivity index (χ0n) is 21.2. The van der Waals surface area contributed by atoms with Crippen molar-refractivity contribution >= 4 is 34.8 Å². The first-order valence-corrected chi connectivity index (χ1v) is 12.0. The third kappa shape index (κ3) is 5.89. The normalized spacial score (nSPS) is 13.2. The summed E-state index contributed by atoms with van der Waals surface area (Å²) in [5.74, 6) is 0.605. The fraction of sp³-hybridized carbons (Fsp3) is 0.286. The molecule has 3 aromatic carbocycles. The van der Waals surface area contributed by atoms with Crippen molar-refractivity contribution in [3.63, 3.8) is 0 Å². The van der Waals surface area contributed by atoms with E-state index in [9.17, 15) is 9.59 Å². The molecule has 3 aromatic rings. The van der Waals surface area contributed by atoms with Crippen LogP contribution in [-0.2, 0) is 0 Å². The maximum atomic E-state index is 12.8. The molecule has 0 bridgehead atoms. The maximum absolute atomic E-state index is 12.8. The van der Waals surface area contributed by atoms with Crippen molar-refractivity contribution in [2.45, 2.75) is 20.8 Å². The van der Waals surface area contributed by atoms with E-state index in [-0.39, 0.29) is 12.1 Å². The molecular formula is C28H33N5O3. The molecule has 0 radical (unpaired) electrons. The lowest BCUT2D eigenvalue weighted by Gasteiger charge is -2.36. The summed E-state index contributed by atoms with van der Waals surface area (Å²) >= 11 is 0. The lowest BCUT2D eigenvalue weighted by Crippen LogP contribution is -2.50. The van der Waals surface area contributed by atoms with Gasteiger partial charge in [-0.05, 0) is 73.9 Å². The van der Waals surface area contributed by atoms with E-state index in [1.54, 1.807) is 7.11 Å². The molecule has 4 rings (SSSR count). The highest BCUT2D eigenvalue weighted by molar-refractivity contribution is 6.00. The minimum atomic E-state index is -0.338. The van der Waals surface area contributed by atoms with E-state index in [2.05, 4.69) is 20.9 Å². The molecule has 1 saturated heterocycles. The number of rotatable bonds is 5. The van der Waals surface area contributed by atoms with Crippen LogP contribution in [-0.4, -0.2) is 50.3 Å². The van der Waals surface area contributed by atoms with E-state index in [1.807, 2.05) is 86.3 Å². The van der Waals surface area contributed by atoms with Gasteiger partial charge in [0.1, 0.15) is 5.75 Å². The average Bonchev–Trinajstić information content (AvgIpc) is 2.87. The Morgan fingerprint density at radius 1 is 0.806 bits per heavy atom. The van der Waals surface area contributed by atoms with E-state index in [4.69, 9.17) is 4.74 Å². The minimum absolute atomic E-state index is 0.0668. The standard InChI is InChI=1S/C28H33N5O3/c1-19-8-13-25(36-4)24(18-19)30-27(34)29-22-9-11-23(12-10-22)32-14-16-33(17-15-32)28(35)31-26-20(2)6-5-7-21(26)3/h5-13,18H,14-17H2,1-4H3,(H,31,35)(H2,29,30,34). The van der Waals surface area contributed by atoms with Gasteiger partial charge in [0.25, 0.3) is 0 Å². The zero-order valence-corrected chi connectivity index (χ0v) is 21.2. The van der Waals surface area contributed by atoms with Gasteiger partial charge in [0.2, 0.25) is 0 Å². The summed E-state index contributed by atoms with van der Waals surface area (Å²) in [7, 11) is 1.57. The maximum Gasteiger partial charge on any atom is 0.323 e. The summed E-state index contributed by atoms with van der Waals surface area (Å²) in [6.45, 7) is 8.71. The Balaban J connectivity index is 1.29. The predicted molar refractivity (Wildman–Crippen MR) is 146 cm³/mol. The molecule has 0 atom stereocenters. The highest BCUT2D eigenvalue weighted by atomic mass is 16.5. The van der Waals surface area contributed by atoms with Crippen LogP contribution in [0.3, 0.4) is 0 Å². The molecule has 1 heterocycles. The minimum Gasteiger partial charge on any atom is -0.495 e. The number of hydrogen-bond donors (Lipinski definition) is 3. The number of carbonyl (C=O) groups excluding carboxylic acids is 2.